The molecule has 1 aliphatic heterocycles. The standard InChI is InChI=1S/C13H17NO3/c1-2-17-12-6-4-3-5-10(12)13(15)11-9-16-8-7-14-11/h3-6,11,14H,2,7-9H2,1H3. The number of ketones is 1. The van der Waals surface area contributed by atoms with E-state index in [2.05, 4.69) is 5.32 Å². The number of carbonyl (C=O) groups is 1. The molecular formula is C13H17NO3. The molecule has 17 heavy (non-hydrogen) atoms. The van der Waals surface area contributed by atoms with Crippen LogP contribution in [0.4, 0.5) is 0 Å². The minimum atomic E-state index is -0.259. The zero-order chi connectivity index (χ0) is 12.1. The summed E-state index contributed by atoms with van der Waals surface area (Å²) >= 11 is 0. The van der Waals surface area contributed by atoms with E-state index in [9.17, 15) is 4.79 Å². The van der Waals surface area contributed by atoms with Gasteiger partial charge in [0.15, 0.2) is 5.78 Å². The normalized spacial score (nSPS) is 19.9. The maximum Gasteiger partial charge on any atom is 0.185 e. The smallest absolute Gasteiger partial charge is 0.185 e. The molecule has 4 nitrogen and oxygen atoms in total. The van der Waals surface area contributed by atoms with Gasteiger partial charge in [0.25, 0.3) is 0 Å². The second-order valence-corrected chi connectivity index (χ2v) is 3.88. The molecule has 0 bridgehead atoms. The third-order valence-corrected chi connectivity index (χ3v) is 2.69. The maximum atomic E-state index is 12.3. The maximum absolute atomic E-state index is 12.3. The molecule has 0 spiro atoms. The van der Waals surface area contributed by atoms with Crippen molar-refractivity contribution in [3.8, 4) is 5.75 Å². The number of ether oxygens (including phenoxy) is 2. The van der Waals surface area contributed by atoms with E-state index in [4.69, 9.17) is 9.47 Å². The summed E-state index contributed by atoms with van der Waals surface area (Å²) in [5.74, 6) is 0.682. The Kier molecular flexibility index (Phi) is 4.12. The predicted octanol–water partition coefficient (Wildman–Crippen LogP) is 1.26. The van der Waals surface area contributed by atoms with Gasteiger partial charge >= 0.3 is 0 Å². The molecule has 1 unspecified atom stereocenters. The lowest BCUT2D eigenvalue weighted by Crippen LogP contribution is -2.46. The third kappa shape index (κ3) is 2.84. The first kappa shape index (κ1) is 12.1. The van der Waals surface area contributed by atoms with Crippen molar-refractivity contribution in [3.05, 3.63) is 29.8 Å². The van der Waals surface area contributed by atoms with Crippen molar-refractivity contribution in [3.63, 3.8) is 0 Å². The monoisotopic (exact) mass is 235 g/mol. The highest BCUT2D eigenvalue weighted by atomic mass is 16.5. The quantitative estimate of drug-likeness (QED) is 0.798. The van der Waals surface area contributed by atoms with E-state index in [0.717, 1.165) is 0 Å². The van der Waals surface area contributed by atoms with Crippen LogP contribution in [0.1, 0.15) is 17.3 Å². The summed E-state index contributed by atoms with van der Waals surface area (Å²) in [5.41, 5.74) is 0.623. The van der Waals surface area contributed by atoms with Crippen molar-refractivity contribution in [2.75, 3.05) is 26.4 Å². The number of morpholine rings is 1. The highest BCUT2D eigenvalue weighted by molar-refractivity contribution is 6.02. The number of Topliss-reactive ketones (excluding diaryl/α,β-unsaturated/α-hetero) is 1. The number of benzene rings is 1. The van der Waals surface area contributed by atoms with Crippen molar-refractivity contribution < 1.29 is 14.3 Å². The van der Waals surface area contributed by atoms with Gasteiger partial charge in [0, 0.05) is 6.54 Å². The van der Waals surface area contributed by atoms with Crippen molar-refractivity contribution in [2.45, 2.75) is 13.0 Å². The first-order chi connectivity index (χ1) is 8.33. The number of nitrogens with one attached hydrogen (secondary N) is 1. The van der Waals surface area contributed by atoms with Crippen LogP contribution in [0.2, 0.25) is 0 Å². The van der Waals surface area contributed by atoms with Crippen LogP contribution in [0.3, 0.4) is 0 Å². The Balaban J connectivity index is 2.17. The summed E-state index contributed by atoms with van der Waals surface area (Å²) in [6, 6.07) is 7.07. The van der Waals surface area contributed by atoms with Crippen molar-refractivity contribution in [1.29, 1.82) is 0 Å². The fraction of sp³-hybridized carbons (Fsp3) is 0.462. The van der Waals surface area contributed by atoms with Gasteiger partial charge in [-0.15, -0.1) is 0 Å². The van der Waals surface area contributed by atoms with Crippen LogP contribution in [0.5, 0.6) is 5.75 Å². The number of hydrogen-bond donors (Lipinski definition) is 1. The number of hydrogen-bond acceptors (Lipinski definition) is 4. The van der Waals surface area contributed by atoms with Crippen molar-refractivity contribution >= 4 is 5.78 Å². The summed E-state index contributed by atoms with van der Waals surface area (Å²) in [7, 11) is 0. The molecule has 0 saturated carbocycles. The van der Waals surface area contributed by atoms with Gasteiger partial charge in [-0.25, -0.2) is 0 Å². The lowest BCUT2D eigenvalue weighted by Gasteiger charge is -2.23. The van der Waals surface area contributed by atoms with E-state index in [1.165, 1.54) is 0 Å². The Morgan fingerprint density at radius 1 is 1.53 bits per heavy atom. The van der Waals surface area contributed by atoms with E-state index in [1.807, 2.05) is 25.1 Å². The minimum absolute atomic E-state index is 0.0359. The van der Waals surface area contributed by atoms with Crippen LogP contribution in [-0.4, -0.2) is 38.2 Å². The molecule has 0 radical (unpaired) electrons. The first-order valence-corrected chi connectivity index (χ1v) is 5.90. The van der Waals surface area contributed by atoms with E-state index in [-0.39, 0.29) is 11.8 Å². The van der Waals surface area contributed by atoms with Crippen LogP contribution in [0, 0.1) is 0 Å². The number of rotatable bonds is 4. The molecule has 0 aliphatic carbocycles. The van der Waals surface area contributed by atoms with Crippen molar-refractivity contribution in [1.82, 2.24) is 5.32 Å². The first-order valence-electron chi connectivity index (χ1n) is 5.90. The zero-order valence-electron chi connectivity index (χ0n) is 9.94. The zero-order valence-corrected chi connectivity index (χ0v) is 9.94. The topological polar surface area (TPSA) is 47.6 Å². The molecular weight excluding hydrogens is 218 g/mol. The van der Waals surface area contributed by atoms with Crippen molar-refractivity contribution in [2.24, 2.45) is 0 Å². The van der Waals surface area contributed by atoms with Crippen LogP contribution in [-0.2, 0) is 4.74 Å². The van der Waals surface area contributed by atoms with Gasteiger partial charge in [-0.3, -0.25) is 4.79 Å². The summed E-state index contributed by atoms with van der Waals surface area (Å²) in [6.45, 7) is 4.27. The molecule has 1 heterocycles. The van der Waals surface area contributed by atoms with Gasteiger partial charge in [-0.1, -0.05) is 12.1 Å². The second kappa shape index (κ2) is 5.80. The molecule has 2 rings (SSSR count). The largest absolute Gasteiger partial charge is 0.493 e. The molecule has 1 N–H and O–H groups in total. The van der Waals surface area contributed by atoms with Gasteiger partial charge in [0.2, 0.25) is 0 Å². The van der Waals surface area contributed by atoms with Crippen LogP contribution < -0.4 is 10.1 Å². The number of para-hydroxylation sites is 1. The van der Waals surface area contributed by atoms with Crippen LogP contribution in [0.15, 0.2) is 24.3 Å². The molecule has 1 aliphatic rings. The third-order valence-electron chi connectivity index (χ3n) is 2.69. The Morgan fingerprint density at radius 3 is 3.06 bits per heavy atom. The molecule has 92 valence electrons. The molecule has 1 saturated heterocycles. The molecule has 4 heteroatoms. The summed E-state index contributed by atoms with van der Waals surface area (Å²) in [6.07, 6.45) is 0. The lowest BCUT2D eigenvalue weighted by molar-refractivity contribution is 0.0605. The van der Waals surface area contributed by atoms with E-state index < -0.39 is 0 Å². The van der Waals surface area contributed by atoms with Crippen LogP contribution in [0.25, 0.3) is 0 Å². The Bertz CT molecular complexity index is 386. The average Bonchev–Trinajstić information content (AvgIpc) is 2.40. The fourth-order valence-electron chi connectivity index (χ4n) is 1.87. The van der Waals surface area contributed by atoms with E-state index in [1.54, 1.807) is 6.07 Å². The number of carbonyl (C=O) groups excluding carboxylic acids is 1. The van der Waals surface area contributed by atoms with Gasteiger partial charge in [-0.2, -0.15) is 0 Å². The van der Waals surface area contributed by atoms with Gasteiger partial charge < -0.3 is 14.8 Å². The SMILES string of the molecule is CCOc1ccccc1C(=O)C1COCCN1. The molecule has 1 aromatic rings. The fourth-order valence-corrected chi connectivity index (χ4v) is 1.87. The van der Waals surface area contributed by atoms with Crippen LogP contribution >= 0.6 is 0 Å². The lowest BCUT2D eigenvalue weighted by atomic mass is 10.0. The highest BCUT2D eigenvalue weighted by Crippen LogP contribution is 2.20. The van der Waals surface area contributed by atoms with E-state index in [0.29, 0.717) is 37.7 Å². The van der Waals surface area contributed by atoms with E-state index >= 15 is 0 Å². The summed E-state index contributed by atoms with van der Waals surface area (Å²) in [5, 5.41) is 3.16. The molecule has 0 aromatic heterocycles. The summed E-state index contributed by atoms with van der Waals surface area (Å²) < 4.78 is 10.8. The van der Waals surface area contributed by atoms with Gasteiger partial charge in [-0.05, 0) is 19.1 Å². The average molecular weight is 235 g/mol. The highest BCUT2D eigenvalue weighted by Gasteiger charge is 2.24. The van der Waals surface area contributed by atoms with Gasteiger partial charge in [0.1, 0.15) is 5.75 Å². The minimum Gasteiger partial charge on any atom is -0.493 e. The van der Waals surface area contributed by atoms with Gasteiger partial charge in [0.05, 0.1) is 31.4 Å². The Labute approximate surface area is 101 Å². The molecule has 0 amide bonds. The molecule has 1 aromatic carbocycles. The molecule has 1 atom stereocenters. The second-order valence-electron chi connectivity index (χ2n) is 3.88. The Hall–Kier alpha value is -1.39. The Morgan fingerprint density at radius 2 is 2.35 bits per heavy atom. The summed E-state index contributed by atoms with van der Waals surface area (Å²) in [4.78, 5) is 12.3. The predicted molar refractivity (Wildman–Crippen MR) is 64.6 cm³/mol. The molecule has 1 fully saturated rings.